The highest BCUT2D eigenvalue weighted by Crippen LogP contribution is 2.28. The maximum Gasteiger partial charge on any atom is 0.341 e. The molecular formula is C28H33FNO5P. The number of ether oxygens (including phenoxy) is 2. The first-order valence-electron chi connectivity index (χ1n) is 12.3. The number of hydrogen-bond acceptors (Lipinski definition) is 4. The van der Waals surface area contributed by atoms with Crippen LogP contribution in [-0.4, -0.2) is 35.1 Å². The Balaban J connectivity index is 1.81. The van der Waals surface area contributed by atoms with Crippen LogP contribution in [0.2, 0.25) is 0 Å². The highest BCUT2D eigenvalue weighted by Gasteiger charge is 2.25. The lowest BCUT2D eigenvalue weighted by molar-refractivity contribution is -0.169. The molecule has 1 aliphatic heterocycles. The van der Waals surface area contributed by atoms with Crippen molar-refractivity contribution in [2.45, 2.75) is 58.8 Å². The van der Waals surface area contributed by atoms with E-state index in [0.29, 0.717) is 17.7 Å². The van der Waals surface area contributed by atoms with Crippen molar-refractivity contribution in [3.05, 3.63) is 74.8 Å². The monoisotopic (exact) mass is 513 g/mol. The van der Waals surface area contributed by atoms with Gasteiger partial charge >= 0.3 is 5.97 Å². The van der Waals surface area contributed by atoms with Gasteiger partial charge in [0.25, 0.3) is 0 Å². The van der Waals surface area contributed by atoms with Gasteiger partial charge in [-0.3, -0.25) is 4.79 Å². The summed E-state index contributed by atoms with van der Waals surface area (Å²) >= 11 is 0. The Labute approximate surface area is 212 Å². The minimum Gasteiger partial charge on any atom is -0.477 e. The van der Waals surface area contributed by atoms with E-state index in [4.69, 9.17) is 9.47 Å². The highest BCUT2D eigenvalue weighted by molar-refractivity contribution is 7.27. The van der Waals surface area contributed by atoms with Gasteiger partial charge in [0.2, 0.25) is 5.43 Å². The Hall–Kier alpha value is -2.60. The zero-order valence-corrected chi connectivity index (χ0v) is 22.1. The molecule has 1 fully saturated rings. The predicted molar refractivity (Wildman–Crippen MR) is 142 cm³/mol. The molecule has 192 valence electrons. The summed E-state index contributed by atoms with van der Waals surface area (Å²) in [7, 11) is 2.69. The van der Waals surface area contributed by atoms with Crippen molar-refractivity contribution in [1.29, 1.82) is 0 Å². The smallest absolute Gasteiger partial charge is 0.341 e. The number of hydrogen-bond donors (Lipinski definition) is 1. The quantitative estimate of drug-likeness (QED) is 0.430. The van der Waals surface area contributed by atoms with E-state index in [1.54, 1.807) is 4.57 Å². The van der Waals surface area contributed by atoms with E-state index < -0.39 is 17.2 Å². The first-order valence-corrected chi connectivity index (χ1v) is 12.9. The number of aryl methyl sites for hydroxylation is 1. The summed E-state index contributed by atoms with van der Waals surface area (Å²) in [5, 5.41) is 11.0. The van der Waals surface area contributed by atoms with Crippen molar-refractivity contribution in [2.75, 3.05) is 13.2 Å². The molecule has 36 heavy (non-hydrogen) atoms. The van der Waals surface area contributed by atoms with Crippen LogP contribution in [-0.2, 0) is 15.9 Å². The number of aromatic carboxylic acids is 1. The zero-order chi connectivity index (χ0) is 26.0. The molecule has 8 heteroatoms. The summed E-state index contributed by atoms with van der Waals surface area (Å²) in [5.41, 5.74) is 1.72. The van der Waals surface area contributed by atoms with Crippen molar-refractivity contribution < 1.29 is 23.8 Å². The minimum absolute atomic E-state index is 0.0237. The number of aromatic nitrogens is 1. The van der Waals surface area contributed by atoms with Gasteiger partial charge in [0.1, 0.15) is 11.4 Å². The van der Waals surface area contributed by atoms with Crippen LogP contribution in [0.3, 0.4) is 0 Å². The predicted octanol–water partition coefficient (Wildman–Crippen LogP) is 4.98. The van der Waals surface area contributed by atoms with Crippen LogP contribution in [0.1, 0.15) is 66.2 Å². The van der Waals surface area contributed by atoms with E-state index >= 15 is 4.39 Å². The molecule has 0 spiro atoms. The van der Waals surface area contributed by atoms with Gasteiger partial charge in [-0.05, 0) is 66.2 Å². The summed E-state index contributed by atoms with van der Waals surface area (Å²) < 4.78 is 28.9. The van der Waals surface area contributed by atoms with Gasteiger partial charge < -0.3 is 19.1 Å². The molecule has 3 aromatic rings. The second-order valence-corrected chi connectivity index (χ2v) is 10.4. The lowest BCUT2D eigenvalue weighted by Crippen LogP contribution is -2.30. The van der Waals surface area contributed by atoms with E-state index in [9.17, 15) is 14.7 Å². The molecule has 6 nitrogen and oxygen atoms in total. The molecule has 0 radical (unpaired) electrons. The molecule has 2 heterocycles. The third-order valence-electron chi connectivity index (χ3n) is 6.94. The Morgan fingerprint density at radius 1 is 1.28 bits per heavy atom. The topological polar surface area (TPSA) is 77.8 Å². The fourth-order valence-corrected chi connectivity index (χ4v) is 5.02. The van der Waals surface area contributed by atoms with E-state index in [1.165, 1.54) is 18.3 Å². The molecular weight excluding hydrogens is 480 g/mol. The third kappa shape index (κ3) is 5.54. The van der Waals surface area contributed by atoms with Gasteiger partial charge in [-0.25, -0.2) is 9.18 Å². The summed E-state index contributed by atoms with van der Waals surface area (Å²) in [4.78, 5) is 25.2. The molecule has 4 rings (SSSR count). The SMILES string of the molecule is Cc1cccc(Cc2cc3c(=O)c(C(=O)O)cn([C@H](COC4CCCCO4)C(C)C)c3cc2F)c1P. The maximum absolute atomic E-state index is 15.5. The van der Waals surface area contributed by atoms with Crippen LogP contribution < -0.4 is 10.7 Å². The van der Waals surface area contributed by atoms with Gasteiger partial charge in [0.05, 0.1) is 18.2 Å². The number of halogens is 1. The fourth-order valence-electron chi connectivity index (χ4n) is 4.72. The number of pyridine rings is 1. The van der Waals surface area contributed by atoms with Crippen molar-refractivity contribution in [3.63, 3.8) is 0 Å². The van der Waals surface area contributed by atoms with Crippen LogP contribution in [0.15, 0.2) is 41.3 Å². The molecule has 1 aromatic heterocycles. The molecule has 2 unspecified atom stereocenters. The van der Waals surface area contributed by atoms with Gasteiger partial charge in [-0.1, -0.05) is 32.0 Å². The number of nitrogens with zero attached hydrogens (tertiary/aromatic N) is 1. The van der Waals surface area contributed by atoms with Crippen molar-refractivity contribution in [1.82, 2.24) is 4.57 Å². The molecule has 0 saturated carbocycles. The second-order valence-electron chi connectivity index (χ2n) is 9.81. The van der Waals surface area contributed by atoms with E-state index in [2.05, 4.69) is 9.24 Å². The Bertz CT molecular complexity index is 1330. The van der Waals surface area contributed by atoms with Crippen LogP contribution >= 0.6 is 9.24 Å². The van der Waals surface area contributed by atoms with Crippen molar-refractivity contribution >= 4 is 31.4 Å². The summed E-state index contributed by atoms with van der Waals surface area (Å²) in [6, 6.07) is 8.35. The van der Waals surface area contributed by atoms with Gasteiger partial charge in [-0.15, -0.1) is 9.24 Å². The van der Waals surface area contributed by atoms with E-state index in [1.807, 2.05) is 39.0 Å². The molecule has 1 N–H and O–H groups in total. The van der Waals surface area contributed by atoms with Crippen LogP contribution in [0, 0.1) is 18.7 Å². The Kier molecular flexibility index (Phi) is 8.23. The molecule has 3 atom stereocenters. The zero-order valence-electron chi connectivity index (χ0n) is 20.9. The summed E-state index contributed by atoms with van der Waals surface area (Å²) in [5.74, 6) is -1.73. The second kappa shape index (κ2) is 11.2. The highest BCUT2D eigenvalue weighted by atomic mass is 31.0. The lowest BCUT2D eigenvalue weighted by atomic mass is 9.98. The average molecular weight is 514 g/mol. The van der Waals surface area contributed by atoms with Crippen LogP contribution in [0.5, 0.6) is 0 Å². The first kappa shape index (κ1) is 26.5. The van der Waals surface area contributed by atoms with Crippen LogP contribution in [0.4, 0.5) is 4.39 Å². The van der Waals surface area contributed by atoms with Gasteiger partial charge in [-0.2, -0.15) is 0 Å². The Morgan fingerprint density at radius 3 is 2.72 bits per heavy atom. The normalized spacial score (nSPS) is 17.0. The third-order valence-corrected chi connectivity index (χ3v) is 7.77. The average Bonchev–Trinajstić information content (AvgIpc) is 2.84. The molecule has 0 amide bonds. The number of fused-ring (bicyclic) bond motifs is 1. The summed E-state index contributed by atoms with van der Waals surface area (Å²) in [6.07, 6.45) is 4.11. The summed E-state index contributed by atoms with van der Waals surface area (Å²) in [6.45, 7) is 6.86. The Morgan fingerprint density at radius 2 is 2.06 bits per heavy atom. The minimum atomic E-state index is -1.31. The van der Waals surface area contributed by atoms with Gasteiger partial charge in [0, 0.05) is 24.6 Å². The van der Waals surface area contributed by atoms with Gasteiger partial charge in [0.15, 0.2) is 6.29 Å². The van der Waals surface area contributed by atoms with Crippen LogP contribution in [0.25, 0.3) is 10.9 Å². The maximum atomic E-state index is 15.5. The number of benzene rings is 2. The van der Waals surface area contributed by atoms with E-state index in [0.717, 1.165) is 35.7 Å². The van der Waals surface area contributed by atoms with Crippen molar-refractivity contribution in [3.8, 4) is 0 Å². The number of carboxylic acids is 1. The number of rotatable bonds is 8. The molecule has 0 bridgehead atoms. The molecule has 2 aromatic carbocycles. The van der Waals surface area contributed by atoms with Crippen molar-refractivity contribution in [2.24, 2.45) is 5.92 Å². The largest absolute Gasteiger partial charge is 0.477 e. The molecule has 1 aliphatic rings. The van der Waals surface area contributed by atoms with E-state index in [-0.39, 0.29) is 42.2 Å². The standard InChI is InChI=1S/C28H33FNO5P/c1-16(2)24(15-35-25-9-4-5-10-34-25)30-14-21(28(32)33)26(31)20-12-19(22(29)13-23(20)30)11-18-8-6-7-17(3)27(18)36/h6-8,12-14,16,24-25H,4-5,9-11,15,36H2,1-3H3,(H,32,33)/t24-,25?/m1/s1. The molecule has 1 saturated heterocycles. The molecule has 0 aliphatic carbocycles. The number of carboxylic acid groups (broad SMARTS) is 1. The first-order chi connectivity index (χ1) is 17.2. The lowest BCUT2D eigenvalue weighted by Gasteiger charge is -2.30. The fraction of sp³-hybridized carbons (Fsp3) is 0.429. The number of carbonyl (C=O) groups is 1.